The molecule has 36 heavy (non-hydrogen) atoms. The summed E-state index contributed by atoms with van der Waals surface area (Å²) in [6, 6.07) is 1.83. The van der Waals surface area contributed by atoms with Crippen LogP contribution < -0.4 is 10.6 Å². The lowest BCUT2D eigenvalue weighted by molar-refractivity contribution is -0.156. The van der Waals surface area contributed by atoms with Gasteiger partial charge in [0.1, 0.15) is 16.2 Å². The molecule has 0 aliphatic rings. The molecular weight excluding hydrogens is 512 g/mol. The van der Waals surface area contributed by atoms with Crippen LogP contribution in [-0.2, 0) is 16.0 Å². The van der Waals surface area contributed by atoms with Crippen molar-refractivity contribution in [3.05, 3.63) is 40.5 Å². The monoisotopic (exact) mass is 552 g/mol. The third-order valence-electron chi connectivity index (χ3n) is 5.43. The summed E-state index contributed by atoms with van der Waals surface area (Å²) in [4.78, 5) is 24.2. The molecule has 0 fully saturated rings. The van der Waals surface area contributed by atoms with Crippen molar-refractivity contribution < 1.29 is 9.53 Å². The normalized spacial score (nSPS) is 12.0. The van der Waals surface area contributed by atoms with Gasteiger partial charge in [-0.1, -0.05) is 62.5 Å². The number of hydrogen-bond donors (Lipinski definition) is 1. The largest absolute Gasteiger partial charge is 0.459 e. The standard InChI is InChI=1S/C27H41ClN4O2S2/c1-8-9-10-11-12-14-32(23-22(28)16-20(17-30-23)19(2)29)15-13-21-18-35-25(31-21)36-27(6,7)24(33)34-26(3,4)5/h16-18H,2,8-15,29H2,1,3-7H3. The van der Waals surface area contributed by atoms with E-state index in [1.807, 2.05) is 40.7 Å². The van der Waals surface area contributed by atoms with Gasteiger partial charge in [0, 0.05) is 42.3 Å². The molecule has 2 rings (SSSR count). The molecule has 0 aromatic carbocycles. The minimum Gasteiger partial charge on any atom is -0.459 e. The van der Waals surface area contributed by atoms with Gasteiger partial charge in [-0.05, 0) is 47.1 Å². The van der Waals surface area contributed by atoms with Gasteiger partial charge >= 0.3 is 5.97 Å². The van der Waals surface area contributed by atoms with Crippen molar-refractivity contribution in [2.24, 2.45) is 5.73 Å². The fourth-order valence-electron chi connectivity index (χ4n) is 3.43. The number of ether oxygens (including phenoxy) is 1. The van der Waals surface area contributed by atoms with Gasteiger partial charge in [0.2, 0.25) is 0 Å². The zero-order valence-electron chi connectivity index (χ0n) is 22.5. The van der Waals surface area contributed by atoms with Crippen molar-refractivity contribution in [3.8, 4) is 0 Å². The molecule has 0 saturated carbocycles. The Morgan fingerprint density at radius 3 is 2.50 bits per heavy atom. The molecule has 0 bridgehead atoms. The number of nitrogens with two attached hydrogens (primary N) is 1. The van der Waals surface area contributed by atoms with Crippen LogP contribution in [0.15, 0.2) is 28.6 Å². The van der Waals surface area contributed by atoms with E-state index in [0.29, 0.717) is 10.7 Å². The first kappa shape index (κ1) is 30.5. The summed E-state index contributed by atoms with van der Waals surface area (Å²) in [7, 11) is 0. The third kappa shape index (κ3) is 9.94. The van der Waals surface area contributed by atoms with Crippen LogP contribution >= 0.6 is 34.7 Å². The number of rotatable bonds is 14. The zero-order valence-corrected chi connectivity index (χ0v) is 24.9. The van der Waals surface area contributed by atoms with Crippen LogP contribution in [0, 0.1) is 0 Å². The molecule has 200 valence electrons. The highest BCUT2D eigenvalue weighted by molar-refractivity contribution is 8.03. The summed E-state index contributed by atoms with van der Waals surface area (Å²) in [5.74, 6) is 0.517. The quantitative estimate of drug-likeness (QED) is 0.149. The number of unbranched alkanes of at least 4 members (excludes halogenated alkanes) is 4. The summed E-state index contributed by atoms with van der Waals surface area (Å²) < 4.78 is 5.72. The maximum Gasteiger partial charge on any atom is 0.322 e. The highest BCUT2D eigenvalue weighted by atomic mass is 35.5. The number of halogens is 1. The molecule has 0 spiro atoms. The molecule has 0 amide bonds. The lowest BCUT2D eigenvalue weighted by Gasteiger charge is -2.27. The SMILES string of the molecule is C=C(N)c1cnc(N(CCCCCCC)CCc2csc(SC(C)(C)C(=O)OC(C)(C)C)n2)c(Cl)c1. The first-order chi connectivity index (χ1) is 16.8. The minimum atomic E-state index is -0.723. The zero-order chi connectivity index (χ0) is 26.9. The summed E-state index contributed by atoms with van der Waals surface area (Å²) in [6.45, 7) is 17.0. The van der Waals surface area contributed by atoms with Gasteiger partial charge in [-0.25, -0.2) is 9.97 Å². The smallest absolute Gasteiger partial charge is 0.322 e. The van der Waals surface area contributed by atoms with Crippen molar-refractivity contribution in [3.63, 3.8) is 0 Å². The molecule has 0 aliphatic carbocycles. The first-order valence-corrected chi connectivity index (χ1v) is 14.6. The molecule has 0 aliphatic heterocycles. The molecule has 0 saturated heterocycles. The first-order valence-electron chi connectivity index (χ1n) is 12.5. The van der Waals surface area contributed by atoms with E-state index in [4.69, 9.17) is 27.1 Å². The fourth-order valence-corrected chi connectivity index (χ4v) is 5.98. The number of anilines is 1. The Morgan fingerprint density at radius 2 is 1.89 bits per heavy atom. The molecule has 9 heteroatoms. The summed E-state index contributed by atoms with van der Waals surface area (Å²) >= 11 is 9.60. The van der Waals surface area contributed by atoms with Crippen molar-refractivity contribution in [2.75, 3.05) is 18.0 Å². The van der Waals surface area contributed by atoms with E-state index in [2.05, 4.69) is 28.8 Å². The van der Waals surface area contributed by atoms with E-state index in [-0.39, 0.29) is 5.97 Å². The number of nitrogens with zero attached hydrogens (tertiary/aromatic N) is 3. The van der Waals surface area contributed by atoms with Crippen LogP contribution in [0.4, 0.5) is 5.82 Å². The molecule has 2 aromatic heterocycles. The average Bonchev–Trinajstić information content (AvgIpc) is 3.21. The lowest BCUT2D eigenvalue weighted by atomic mass is 10.1. The van der Waals surface area contributed by atoms with Crippen LogP contribution in [0.1, 0.15) is 84.9 Å². The number of hydrogen-bond acceptors (Lipinski definition) is 8. The average molecular weight is 553 g/mol. The maximum atomic E-state index is 12.6. The van der Waals surface area contributed by atoms with Crippen LogP contribution in [0.3, 0.4) is 0 Å². The molecule has 0 unspecified atom stereocenters. The van der Waals surface area contributed by atoms with Crippen LogP contribution in [0.2, 0.25) is 5.02 Å². The van der Waals surface area contributed by atoms with Crippen molar-refractivity contribution >= 4 is 52.2 Å². The number of aromatic nitrogens is 2. The van der Waals surface area contributed by atoms with Crippen molar-refractivity contribution in [1.29, 1.82) is 0 Å². The summed E-state index contributed by atoms with van der Waals surface area (Å²) in [5.41, 5.74) is 7.47. The molecular formula is C27H41ClN4O2S2. The highest BCUT2D eigenvalue weighted by Gasteiger charge is 2.34. The summed E-state index contributed by atoms with van der Waals surface area (Å²) in [5, 5.41) is 2.63. The van der Waals surface area contributed by atoms with E-state index in [1.54, 1.807) is 17.5 Å². The van der Waals surface area contributed by atoms with Gasteiger partial charge in [0.25, 0.3) is 0 Å². The molecule has 2 heterocycles. The van der Waals surface area contributed by atoms with Gasteiger partial charge in [-0.2, -0.15) is 0 Å². The Balaban J connectivity index is 2.08. The van der Waals surface area contributed by atoms with Gasteiger partial charge in [-0.15, -0.1) is 11.3 Å². The molecule has 2 aromatic rings. The van der Waals surface area contributed by atoms with Crippen LogP contribution in [0.25, 0.3) is 5.70 Å². The molecule has 6 nitrogen and oxygen atoms in total. The number of carbonyl (C=O) groups is 1. The number of thioether (sulfide) groups is 1. The Morgan fingerprint density at radius 1 is 1.19 bits per heavy atom. The maximum absolute atomic E-state index is 12.6. The minimum absolute atomic E-state index is 0.240. The fraction of sp³-hybridized carbons (Fsp3) is 0.593. The van der Waals surface area contributed by atoms with Crippen molar-refractivity contribution in [1.82, 2.24) is 9.97 Å². The van der Waals surface area contributed by atoms with E-state index < -0.39 is 10.3 Å². The second-order valence-electron chi connectivity index (χ2n) is 10.4. The number of carbonyl (C=O) groups excluding carboxylic acids is 1. The van der Waals surface area contributed by atoms with E-state index in [1.165, 1.54) is 37.4 Å². The predicted molar refractivity (Wildman–Crippen MR) is 155 cm³/mol. The van der Waals surface area contributed by atoms with Crippen LogP contribution in [0.5, 0.6) is 0 Å². The van der Waals surface area contributed by atoms with Gasteiger partial charge in [0.05, 0.1) is 10.7 Å². The number of esters is 1. The van der Waals surface area contributed by atoms with E-state index in [9.17, 15) is 4.79 Å². The molecule has 0 atom stereocenters. The summed E-state index contributed by atoms with van der Waals surface area (Å²) in [6.07, 6.45) is 8.44. The van der Waals surface area contributed by atoms with Gasteiger partial charge in [-0.3, -0.25) is 4.79 Å². The Hall–Kier alpha value is -1.77. The third-order valence-corrected chi connectivity index (χ3v) is 7.87. The molecule has 0 radical (unpaired) electrons. The Bertz CT molecular complexity index is 1020. The van der Waals surface area contributed by atoms with Crippen LogP contribution in [-0.4, -0.2) is 39.4 Å². The number of pyridine rings is 1. The lowest BCUT2D eigenvalue weighted by Crippen LogP contribution is -2.36. The second-order valence-corrected chi connectivity index (χ2v) is 13.6. The van der Waals surface area contributed by atoms with Gasteiger partial charge < -0.3 is 15.4 Å². The topological polar surface area (TPSA) is 81.3 Å². The molecule has 2 N–H and O–H groups in total. The van der Waals surface area contributed by atoms with Crippen molar-refractivity contribution in [2.45, 2.75) is 94.8 Å². The predicted octanol–water partition coefficient (Wildman–Crippen LogP) is 7.35. The van der Waals surface area contributed by atoms with E-state index >= 15 is 0 Å². The second kappa shape index (κ2) is 13.7. The van der Waals surface area contributed by atoms with Gasteiger partial charge in [0.15, 0.2) is 4.34 Å². The Labute approximate surface area is 230 Å². The number of thiazole rings is 1. The van der Waals surface area contributed by atoms with E-state index in [0.717, 1.165) is 47.3 Å². The highest BCUT2D eigenvalue weighted by Crippen LogP contribution is 2.36. The Kier molecular flexibility index (Phi) is 11.6.